The number of ether oxygens (including phenoxy) is 1. The summed E-state index contributed by atoms with van der Waals surface area (Å²) in [6, 6.07) is 26.7. The van der Waals surface area contributed by atoms with Crippen molar-refractivity contribution in [2.45, 2.75) is 26.5 Å². The average Bonchev–Trinajstić information content (AvgIpc) is 3.08. The molecule has 1 unspecified atom stereocenters. The van der Waals surface area contributed by atoms with Gasteiger partial charge in [0.25, 0.3) is 0 Å². The molecule has 28 heavy (non-hydrogen) atoms. The van der Waals surface area contributed by atoms with Gasteiger partial charge in [-0.05, 0) is 49.2 Å². The molecular weight excluding hydrogens is 344 g/mol. The van der Waals surface area contributed by atoms with Gasteiger partial charge in [-0.15, -0.1) is 0 Å². The van der Waals surface area contributed by atoms with Gasteiger partial charge in [0.2, 0.25) is 0 Å². The van der Waals surface area contributed by atoms with E-state index in [1.807, 2.05) is 24.3 Å². The SMILES string of the molecule is Cc1cccc(OC(C)c2nc3ccccc3n2C/C=C/c2ccccc2)c1. The molecule has 3 nitrogen and oxygen atoms in total. The average molecular weight is 368 g/mol. The van der Waals surface area contributed by atoms with E-state index in [1.54, 1.807) is 0 Å². The van der Waals surface area contributed by atoms with Gasteiger partial charge in [-0.2, -0.15) is 0 Å². The van der Waals surface area contributed by atoms with E-state index in [1.165, 1.54) is 11.1 Å². The van der Waals surface area contributed by atoms with Crippen LogP contribution in [0.2, 0.25) is 0 Å². The maximum Gasteiger partial charge on any atom is 0.153 e. The van der Waals surface area contributed by atoms with Crippen molar-refractivity contribution < 1.29 is 4.74 Å². The molecule has 0 fully saturated rings. The number of hydrogen-bond acceptors (Lipinski definition) is 2. The highest BCUT2D eigenvalue weighted by atomic mass is 16.5. The zero-order chi connectivity index (χ0) is 19.3. The zero-order valence-electron chi connectivity index (χ0n) is 16.2. The molecule has 0 N–H and O–H groups in total. The number of imidazole rings is 1. The number of benzene rings is 3. The predicted octanol–water partition coefficient (Wildman–Crippen LogP) is 6.20. The van der Waals surface area contributed by atoms with Crippen LogP contribution in [0, 0.1) is 6.92 Å². The summed E-state index contributed by atoms with van der Waals surface area (Å²) in [5.41, 5.74) is 4.49. The van der Waals surface area contributed by atoms with Crippen LogP contribution in [0.5, 0.6) is 5.75 Å². The fraction of sp³-hybridized carbons (Fsp3) is 0.160. The Labute approximate surface area is 165 Å². The summed E-state index contributed by atoms with van der Waals surface area (Å²) in [4.78, 5) is 4.86. The van der Waals surface area contributed by atoms with Crippen molar-refractivity contribution in [1.29, 1.82) is 0 Å². The Morgan fingerprint density at radius 3 is 2.57 bits per heavy atom. The van der Waals surface area contributed by atoms with Crippen molar-refractivity contribution in [2.24, 2.45) is 0 Å². The number of fused-ring (bicyclic) bond motifs is 1. The lowest BCUT2D eigenvalue weighted by Gasteiger charge is -2.16. The molecular formula is C25H24N2O. The summed E-state index contributed by atoms with van der Waals surface area (Å²) in [7, 11) is 0. The Bertz CT molecular complexity index is 1100. The molecule has 140 valence electrons. The van der Waals surface area contributed by atoms with Crippen LogP contribution in [0.15, 0.2) is 84.9 Å². The van der Waals surface area contributed by atoms with Crippen LogP contribution >= 0.6 is 0 Å². The zero-order valence-corrected chi connectivity index (χ0v) is 16.2. The molecule has 0 aliphatic rings. The molecule has 4 rings (SSSR count). The van der Waals surface area contributed by atoms with Gasteiger partial charge in [-0.1, -0.05) is 66.7 Å². The smallest absolute Gasteiger partial charge is 0.153 e. The summed E-state index contributed by atoms with van der Waals surface area (Å²) in [6.45, 7) is 4.87. The first-order valence-electron chi connectivity index (χ1n) is 9.61. The van der Waals surface area contributed by atoms with Gasteiger partial charge in [0.1, 0.15) is 5.75 Å². The number of aromatic nitrogens is 2. The van der Waals surface area contributed by atoms with E-state index in [9.17, 15) is 0 Å². The van der Waals surface area contributed by atoms with Crippen LogP contribution in [0.25, 0.3) is 17.1 Å². The molecule has 3 heteroatoms. The Balaban J connectivity index is 1.63. The van der Waals surface area contributed by atoms with Crippen LogP contribution in [0.1, 0.15) is 30.0 Å². The van der Waals surface area contributed by atoms with Gasteiger partial charge in [-0.25, -0.2) is 4.98 Å². The molecule has 4 aromatic rings. The van der Waals surface area contributed by atoms with Crippen LogP contribution in [-0.2, 0) is 6.54 Å². The number of aryl methyl sites for hydroxylation is 1. The van der Waals surface area contributed by atoms with Gasteiger partial charge in [0.15, 0.2) is 11.9 Å². The van der Waals surface area contributed by atoms with E-state index in [0.29, 0.717) is 0 Å². The lowest BCUT2D eigenvalue weighted by atomic mass is 10.2. The van der Waals surface area contributed by atoms with E-state index in [2.05, 4.69) is 85.2 Å². The van der Waals surface area contributed by atoms with Crippen molar-refractivity contribution in [2.75, 3.05) is 0 Å². The van der Waals surface area contributed by atoms with Gasteiger partial charge in [0, 0.05) is 6.54 Å². The Kier molecular flexibility index (Phi) is 5.24. The Morgan fingerprint density at radius 1 is 0.964 bits per heavy atom. The fourth-order valence-corrected chi connectivity index (χ4v) is 3.40. The minimum Gasteiger partial charge on any atom is -0.483 e. The van der Waals surface area contributed by atoms with E-state index in [4.69, 9.17) is 9.72 Å². The summed E-state index contributed by atoms with van der Waals surface area (Å²) in [5.74, 6) is 1.80. The number of rotatable bonds is 6. The first kappa shape index (κ1) is 18.1. The van der Waals surface area contributed by atoms with Crippen molar-refractivity contribution >= 4 is 17.1 Å². The molecule has 0 amide bonds. The standard InChI is InChI=1S/C25H24N2O/c1-19-10-8-14-22(18-19)28-20(2)25-26-23-15-6-7-16-24(23)27(25)17-9-13-21-11-4-3-5-12-21/h3-16,18,20H,17H2,1-2H3/b13-9+. The van der Waals surface area contributed by atoms with Gasteiger partial charge in [0.05, 0.1) is 11.0 Å². The van der Waals surface area contributed by atoms with Gasteiger partial charge < -0.3 is 9.30 Å². The van der Waals surface area contributed by atoms with E-state index in [-0.39, 0.29) is 6.10 Å². The Morgan fingerprint density at radius 2 is 1.75 bits per heavy atom. The van der Waals surface area contributed by atoms with Crippen LogP contribution in [0.3, 0.4) is 0 Å². The molecule has 1 aromatic heterocycles. The van der Waals surface area contributed by atoms with E-state index < -0.39 is 0 Å². The predicted molar refractivity (Wildman–Crippen MR) is 115 cm³/mol. The quantitative estimate of drug-likeness (QED) is 0.405. The van der Waals surface area contributed by atoms with E-state index in [0.717, 1.165) is 29.2 Å². The monoisotopic (exact) mass is 368 g/mol. The number of para-hydroxylation sites is 2. The molecule has 0 spiro atoms. The Hall–Kier alpha value is -3.33. The van der Waals surface area contributed by atoms with Gasteiger partial charge in [-0.3, -0.25) is 0 Å². The molecule has 0 radical (unpaired) electrons. The van der Waals surface area contributed by atoms with Crippen molar-refractivity contribution in [3.8, 4) is 5.75 Å². The molecule has 1 heterocycles. The molecule has 0 aliphatic heterocycles. The third kappa shape index (κ3) is 3.99. The van der Waals surface area contributed by atoms with Crippen LogP contribution in [-0.4, -0.2) is 9.55 Å². The largest absolute Gasteiger partial charge is 0.483 e. The van der Waals surface area contributed by atoms with Crippen LogP contribution < -0.4 is 4.74 Å². The van der Waals surface area contributed by atoms with E-state index >= 15 is 0 Å². The summed E-state index contributed by atoms with van der Waals surface area (Å²) in [6.07, 6.45) is 4.16. The maximum atomic E-state index is 6.21. The fourth-order valence-electron chi connectivity index (χ4n) is 3.40. The number of nitrogens with zero attached hydrogens (tertiary/aromatic N) is 2. The highest BCUT2D eigenvalue weighted by molar-refractivity contribution is 5.76. The normalized spacial score (nSPS) is 12.5. The number of allylic oxidation sites excluding steroid dienone is 1. The van der Waals surface area contributed by atoms with Crippen molar-refractivity contribution in [3.05, 3.63) is 102 Å². The third-order valence-corrected chi connectivity index (χ3v) is 4.75. The van der Waals surface area contributed by atoms with Gasteiger partial charge >= 0.3 is 0 Å². The lowest BCUT2D eigenvalue weighted by molar-refractivity contribution is 0.212. The molecule has 0 bridgehead atoms. The molecule has 0 aliphatic carbocycles. The highest BCUT2D eigenvalue weighted by Crippen LogP contribution is 2.26. The first-order valence-corrected chi connectivity index (χ1v) is 9.61. The molecule has 3 aromatic carbocycles. The second-order valence-corrected chi connectivity index (χ2v) is 6.96. The first-order chi connectivity index (χ1) is 13.7. The maximum absolute atomic E-state index is 6.21. The lowest BCUT2D eigenvalue weighted by Crippen LogP contribution is -2.11. The van der Waals surface area contributed by atoms with Crippen LogP contribution in [0.4, 0.5) is 0 Å². The summed E-state index contributed by atoms with van der Waals surface area (Å²) < 4.78 is 8.44. The number of hydrogen-bond donors (Lipinski definition) is 0. The topological polar surface area (TPSA) is 27.1 Å². The highest BCUT2D eigenvalue weighted by Gasteiger charge is 2.17. The van der Waals surface area contributed by atoms with Crippen molar-refractivity contribution in [1.82, 2.24) is 9.55 Å². The van der Waals surface area contributed by atoms with Crippen molar-refractivity contribution in [3.63, 3.8) is 0 Å². The second-order valence-electron chi connectivity index (χ2n) is 6.96. The molecule has 0 saturated heterocycles. The summed E-state index contributed by atoms with van der Waals surface area (Å²) in [5, 5.41) is 0. The third-order valence-electron chi connectivity index (χ3n) is 4.75. The minimum absolute atomic E-state index is 0.153. The molecule has 0 saturated carbocycles. The summed E-state index contributed by atoms with van der Waals surface area (Å²) >= 11 is 0. The molecule has 1 atom stereocenters. The second kappa shape index (κ2) is 8.13. The minimum atomic E-state index is -0.153.